The van der Waals surface area contributed by atoms with Gasteiger partial charge in [-0.2, -0.15) is 5.10 Å². The molecule has 1 atom stereocenters. The maximum atomic E-state index is 11.5. The van der Waals surface area contributed by atoms with Crippen molar-refractivity contribution in [2.45, 2.75) is 13.0 Å². The molecule has 0 aromatic carbocycles. The van der Waals surface area contributed by atoms with Crippen LogP contribution < -0.4 is 10.1 Å². The van der Waals surface area contributed by atoms with E-state index in [4.69, 9.17) is 4.74 Å². The zero-order valence-electron chi connectivity index (χ0n) is 10.4. The van der Waals surface area contributed by atoms with E-state index in [0.29, 0.717) is 23.0 Å². The maximum Gasteiger partial charge on any atom is 0.266 e. The number of anilines is 1. The Hall–Kier alpha value is -2.57. The molecule has 7 nitrogen and oxygen atoms in total. The van der Waals surface area contributed by atoms with Gasteiger partial charge in [0.2, 0.25) is 5.88 Å². The van der Waals surface area contributed by atoms with E-state index in [9.17, 15) is 9.90 Å². The summed E-state index contributed by atoms with van der Waals surface area (Å²) in [6, 6.07) is 4.95. The number of amides is 1. The summed E-state index contributed by atoms with van der Waals surface area (Å²) in [6.07, 6.45) is -0.529. The standard InChI is InChI=1S/C12H12N4O3/c1-6-12(18)14-11-9(19-6)4-3-7(13-11)8-5-10(17)16(2)15-8/h3-6,17H,1-2H3,(H,13,14,18). The molecule has 1 amide bonds. The molecule has 7 heteroatoms. The van der Waals surface area contributed by atoms with Gasteiger partial charge in [-0.25, -0.2) is 9.67 Å². The predicted octanol–water partition coefficient (Wildman–Crippen LogP) is 0.907. The maximum absolute atomic E-state index is 11.5. The Kier molecular flexibility index (Phi) is 2.41. The number of hydrogen-bond acceptors (Lipinski definition) is 5. The van der Waals surface area contributed by atoms with Crippen molar-refractivity contribution in [3.63, 3.8) is 0 Å². The van der Waals surface area contributed by atoms with Crippen LogP contribution in [0.25, 0.3) is 11.4 Å². The van der Waals surface area contributed by atoms with Gasteiger partial charge >= 0.3 is 0 Å². The van der Waals surface area contributed by atoms with E-state index in [-0.39, 0.29) is 11.8 Å². The van der Waals surface area contributed by atoms with E-state index in [2.05, 4.69) is 15.4 Å². The van der Waals surface area contributed by atoms with Crippen LogP contribution >= 0.6 is 0 Å². The topological polar surface area (TPSA) is 89.3 Å². The minimum Gasteiger partial charge on any atom is -0.493 e. The summed E-state index contributed by atoms with van der Waals surface area (Å²) in [5, 5.41) is 16.3. The second kappa shape index (κ2) is 3.98. The predicted molar refractivity (Wildman–Crippen MR) is 66.8 cm³/mol. The average molecular weight is 260 g/mol. The number of fused-ring (bicyclic) bond motifs is 1. The Morgan fingerprint density at radius 3 is 2.89 bits per heavy atom. The molecule has 3 heterocycles. The van der Waals surface area contributed by atoms with Crippen LogP contribution in [0.3, 0.4) is 0 Å². The Morgan fingerprint density at radius 2 is 2.21 bits per heavy atom. The number of aromatic hydroxyl groups is 1. The Bertz CT molecular complexity index is 645. The van der Waals surface area contributed by atoms with Gasteiger partial charge in [-0.1, -0.05) is 0 Å². The highest BCUT2D eigenvalue weighted by Gasteiger charge is 2.25. The molecule has 3 rings (SSSR count). The summed E-state index contributed by atoms with van der Waals surface area (Å²) in [5.74, 6) is 0.700. The number of pyridine rings is 1. The van der Waals surface area contributed by atoms with Gasteiger partial charge < -0.3 is 15.2 Å². The third-order valence-corrected chi connectivity index (χ3v) is 2.89. The first-order valence-electron chi connectivity index (χ1n) is 5.76. The summed E-state index contributed by atoms with van der Waals surface area (Å²) in [6.45, 7) is 1.67. The molecule has 0 bridgehead atoms. The smallest absolute Gasteiger partial charge is 0.266 e. The fourth-order valence-corrected chi connectivity index (χ4v) is 1.82. The minimum atomic E-state index is -0.529. The van der Waals surface area contributed by atoms with Crippen molar-refractivity contribution in [1.29, 1.82) is 0 Å². The monoisotopic (exact) mass is 260 g/mol. The Morgan fingerprint density at radius 1 is 1.42 bits per heavy atom. The highest BCUT2D eigenvalue weighted by molar-refractivity contribution is 5.96. The van der Waals surface area contributed by atoms with Crippen molar-refractivity contribution in [2.75, 3.05) is 5.32 Å². The molecule has 0 saturated heterocycles. The van der Waals surface area contributed by atoms with Gasteiger partial charge in [-0.05, 0) is 19.1 Å². The number of carbonyl (C=O) groups is 1. The molecule has 0 radical (unpaired) electrons. The molecule has 0 fully saturated rings. The van der Waals surface area contributed by atoms with E-state index in [0.717, 1.165) is 0 Å². The van der Waals surface area contributed by atoms with E-state index in [1.807, 2.05) is 0 Å². The van der Waals surface area contributed by atoms with Gasteiger partial charge in [0.15, 0.2) is 17.7 Å². The van der Waals surface area contributed by atoms with Crippen molar-refractivity contribution >= 4 is 11.7 Å². The van der Waals surface area contributed by atoms with Crippen molar-refractivity contribution < 1.29 is 14.6 Å². The van der Waals surface area contributed by atoms with Crippen LogP contribution in [-0.2, 0) is 11.8 Å². The number of aromatic nitrogens is 3. The van der Waals surface area contributed by atoms with Crippen molar-refractivity contribution in [3.8, 4) is 23.0 Å². The van der Waals surface area contributed by atoms with Gasteiger partial charge in [0.05, 0.1) is 5.69 Å². The summed E-state index contributed by atoms with van der Waals surface area (Å²) in [4.78, 5) is 15.8. The van der Waals surface area contributed by atoms with Crippen LogP contribution in [0.4, 0.5) is 5.82 Å². The first kappa shape index (κ1) is 11.5. The number of nitrogens with one attached hydrogen (secondary N) is 1. The van der Waals surface area contributed by atoms with Crippen LogP contribution in [0, 0.1) is 0 Å². The van der Waals surface area contributed by atoms with Gasteiger partial charge in [-0.3, -0.25) is 4.79 Å². The van der Waals surface area contributed by atoms with Crippen LogP contribution in [0.15, 0.2) is 18.2 Å². The van der Waals surface area contributed by atoms with Crippen molar-refractivity contribution in [2.24, 2.45) is 7.05 Å². The first-order valence-corrected chi connectivity index (χ1v) is 5.76. The second-order valence-corrected chi connectivity index (χ2v) is 4.30. The quantitative estimate of drug-likeness (QED) is 0.795. The lowest BCUT2D eigenvalue weighted by Gasteiger charge is -2.22. The van der Waals surface area contributed by atoms with E-state index in [1.54, 1.807) is 26.1 Å². The SMILES string of the molecule is CC1Oc2ccc(-c3cc(O)n(C)n3)nc2NC1=O. The molecule has 0 spiro atoms. The van der Waals surface area contributed by atoms with Crippen molar-refractivity contribution in [1.82, 2.24) is 14.8 Å². The molecule has 2 N–H and O–H groups in total. The van der Waals surface area contributed by atoms with Crippen LogP contribution in [-0.4, -0.2) is 31.9 Å². The van der Waals surface area contributed by atoms with Gasteiger partial charge in [0.25, 0.3) is 5.91 Å². The molecular formula is C12H12N4O3. The van der Waals surface area contributed by atoms with E-state index in [1.165, 1.54) is 10.7 Å². The Balaban J connectivity index is 2.02. The molecule has 1 unspecified atom stereocenters. The van der Waals surface area contributed by atoms with E-state index >= 15 is 0 Å². The van der Waals surface area contributed by atoms with Gasteiger partial charge in [0.1, 0.15) is 5.69 Å². The lowest BCUT2D eigenvalue weighted by Crippen LogP contribution is -2.34. The molecule has 2 aromatic rings. The second-order valence-electron chi connectivity index (χ2n) is 4.30. The number of aryl methyl sites for hydroxylation is 1. The highest BCUT2D eigenvalue weighted by atomic mass is 16.5. The number of hydrogen-bond donors (Lipinski definition) is 2. The fourth-order valence-electron chi connectivity index (χ4n) is 1.82. The summed E-state index contributed by atoms with van der Waals surface area (Å²) in [5.41, 5.74) is 1.07. The molecule has 0 saturated carbocycles. The largest absolute Gasteiger partial charge is 0.493 e. The average Bonchev–Trinajstić information content (AvgIpc) is 2.71. The number of nitrogens with zero attached hydrogens (tertiary/aromatic N) is 3. The van der Waals surface area contributed by atoms with Gasteiger partial charge in [0, 0.05) is 13.1 Å². The van der Waals surface area contributed by atoms with E-state index < -0.39 is 6.10 Å². The van der Waals surface area contributed by atoms with Crippen molar-refractivity contribution in [3.05, 3.63) is 18.2 Å². The molecule has 98 valence electrons. The van der Waals surface area contributed by atoms with Crippen LogP contribution in [0.5, 0.6) is 11.6 Å². The molecule has 19 heavy (non-hydrogen) atoms. The molecule has 1 aliphatic heterocycles. The summed E-state index contributed by atoms with van der Waals surface area (Å²) >= 11 is 0. The lowest BCUT2D eigenvalue weighted by atomic mass is 10.2. The summed E-state index contributed by atoms with van der Waals surface area (Å²) < 4.78 is 6.76. The Labute approximate surface area is 108 Å². The van der Waals surface area contributed by atoms with Crippen LogP contribution in [0.2, 0.25) is 0 Å². The number of rotatable bonds is 1. The molecule has 2 aromatic heterocycles. The molecule has 0 aliphatic carbocycles. The third-order valence-electron chi connectivity index (χ3n) is 2.89. The zero-order chi connectivity index (χ0) is 13.6. The highest BCUT2D eigenvalue weighted by Crippen LogP contribution is 2.31. The first-order chi connectivity index (χ1) is 9.04. The fraction of sp³-hybridized carbons (Fsp3) is 0.250. The normalized spacial score (nSPS) is 17.6. The number of carbonyl (C=O) groups excluding carboxylic acids is 1. The lowest BCUT2D eigenvalue weighted by molar-refractivity contribution is -0.122. The molecule has 1 aliphatic rings. The minimum absolute atomic E-state index is 0.0448. The van der Waals surface area contributed by atoms with Gasteiger partial charge in [-0.15, -0.1) is 0 Å². The zero-order valence-corrected chi connectivity index (χ0v) is 10.4. The third kappa shape index (κ3) is 1.88. The number of ether oxygens (including phenoxy) is 1. The van der Waals surface area contributed by atoms with Crippen LogP contribution in [0.1, 0.15) is 6.92 Å². The molecular weight excluding hydrogens is 248 g/mol. The summed E-state index contributed by atoms with van der Waals surface area (Å²) in [7, 11) is 1.63.